The lowest BCUT2D eigenvalue weighted by molar-refractivity contribution is 0.0222. The van der Waals surface area contributed by atoms with Crippen LogP contribution in [0.4, 0.5) is 4.39 Å². The second-order valence-corrected chi connectivity index (χ2v) is 4.49. The summed E-state index contributed by atoms with van der Waals surface area (Å²) < 4.78 is 23.9. The standard InChI is InChI=1S/C12H15ClFNO2/c13-11-5-8(14)1-4-12(11)16-7-10-3-2-9(6-15)17-10/h1,4-5,9-10H,2-3,6-7,15H2. The van der Waals surface area contributed by atoms with E-state index in [0.717, 1.165) is 12.8 Å². The highest BCUT2D eigenvalue weighted by atomic mass is 35.5. The first-order valence-corrected chi connectivity index (χ1v) is 6.00. The smallest absolute Gasteiger partial charge is 0.138 e. The van der Waals surface area contributed by atoms with Gasteiger partial charge in [0.2, 0.25) is 0 Å². The molecule has 5 heteroatoms. The summed E-state index contributed by atoms with van der Waals surface area (Å²) in [5, 5.41) is 0.276. The van der Waals surface area contributed by atoms with E-state index in [1.165, 1.54) is 18.2 Å². The predicted octanol–water partition coefficient (Wildman–Crippen LogP) is 2.36. The Morgan fingerprint density at radius 3 is 2.82 bits per heavy atom. The topological polar surface area (TPSA) is 44.5 Å². The molecule has 0 bridgehead atoms. The van der Waals surface area contributed by atoms with E-state index in [1.54, 1.807) is 0 Å². The Morgan fingerprint density at radius 1 is 1.41 bits per heavy atom. The largest absolute Gasteiger partial charge is 0.489 e. The Morgan fingerprint density at radius 2 is 2.18 bits per heavy atom. The van der Waals surface area contributed by atoms with E-state index in [2.05, 4.69) is 0 Å². The minimum absolute atomic E-state index is 0.0460. The van der Waals surface area contributed by atoms with Crippen molar-refractivity contribution in [1.29, 1.82) is 0 Å². The van der Waals surface area contributed by atoms with Crippen molar-refractivity contribution in [2.45, 2.75) is 25.0 Å². The first-order valence-electron chi connectivity index (χ1n) is 5.62. The lowest BCUT2D eigenvalue weighted by atomic mass is 10.2. The molecule has 0 amide bonds. The fourth-order valence-electron chi connectivity index (χ4n) is 1.85. The molecule has 17 heavy (non-hydrogen) atoms. The van der Waals surface area contributed by atoms with Gasteiger partial charge in [-0.3, -0.25) is 0 Å². The monoisotopic (exact) mass is 259 g/mol. The highest BCUT2D eigenvalue weighted by Crippen LogP contribution is 2.26. The van der Waals surface area contributed by atoms with Gasteiger partial charge in [0.05, 0.1) is 17.2 Å². The zero-order valence-electron chi connectivity index (χ0n) is 9.36. The molecule has 1 aliphatic heterocycles. The van der Waals surface area contributed by atoms with Crippen molar-refractivity contribution in [3.63, 3.8) is 0 Å². The molecule has 1 aliphatic rings. The lowest BCUT2D eigenvalue weighted by Crippen LogP contribution is -2.23. The van der Waals surface area contributed by atoms with Crippen LogP contribution in [0.15, 0.2) is 18.2 Å². The Labute approximate surface area is 105 Å². The van der Waals surface area contributed by atoms with Gasteiger partial charge in [-0.05, 0) is 31.0 Å². The second kappa shape index (κ2) is 5.67. The summed E-state index contributed by atoms with van der Waals surface area (Å²) in [6.07, 6.45) is 2.07. The number of rotatable bonds is 4. The molecule has 1 heterocycles. The van der Waals surface area contributed by atoms with E-state index in [0.29, 0.717) is 18.9 Å². The molecule has 94 valence electrons. The van der Waals surface area contributed by atoms with Crippen LogP contribution in [0.25, 0.3) is 0 Å². The molecule has 2 atom stereocenters. The van der Waals surface area contributed by atoms with Crippen LogP contribution in [-0.4, -0.2) is 25.4 Å². The predicted molar refractivity (Wildman–Crippen MR) is 63.9 cm³/mol. The van der Waals surface area contributed by atoms with E-state index in [-0.39, 0.29) is 23.0 Å². The van der Waals surface area contributed by atoms with Gasteiger partial charge >= 0.3 is 0 Å². The van der Waals surface area contributed by atoms with Gasteiger partial charge in [0.1, 0.15) is 18.2 Å². The van der Waals surface area contributed by atoms with Gasteiger partial charge in [-0.15, -0.1) is 0 Å². The number of benzene rings is 1. The Kier molecular flexibility index (Phi) is 4.20. The Balaban J connectivity index is 1.86. The second-order valence-electron chi connectivity index (χ2n) is 4.08. The number of hydrogen-bond donors (Lipinski definition) is 1. The first-order chi connectivity index (χ1) is 8.19. The average Bonchev–Trinajstić information content (AvgIpc) is 2.76. The Hall–Kier alpha value is -0.840. The molecule has 0 saturated carbocycles. The van der Waals surface area contributed by atoms with Gasteiger partial charge in [-0.2, -0.15) is 0 Å². The number of ether oxygens (including phenoxy) is 2. The van der Waals surface area contributed by atoms with Crippen LogP contribution < -0.4 is 10.5 Å². The lowest BCUT2D eigenvalue weighted by Gasteiger charge is -2.14. The fourth-order valence-corrected chi connectivity index (χ4v) is 2.07. The van der Waals surface area contributed by atoms with E-state index in [1.807, 2.05) is 0 Å². The normalized spacial score (nSPS) is 23.9. The van der Waals surface area contributed by atoms with E-state index < -0.39 is 0 Å². The van der Waals surface area contributed by atoms with E-state index in [4.69, 9.17) is 26.8 Å². The maximum Gasteiger partial charge on any atom is 0.138 e. The van der Waals surface area contributed by atoms with Gasteiger partial charge in [0.25, 0.3) is 0 Å². The van der Waals surface area contributed by atoms with Crippen LogP contribution in [0.1, 0.15) is 12.8 Å². The summed E-state index contributed by atoms with van der Waals surface area (Å²) >= 11 is 5.85. The van der Waals surface area contributed by atoms with Gasteiger partial charge in [-0.25, -0.2) is 4.39 Å². The summed E-state index contributed by atoms with van der Waals surface area (Å²) in [6, 6.07) is 4.07. The Bertz CT molecular complexity index is 389. The van der Waals surface area contributed by atoms with E-state index in [9.17, 15) is 4.39 Å². The van der Waals surface area contributed by atoms with Gasteiger partial charge < -0.3 is 15.2 Å². The highest BCUT2D eigenvalue weighted by Gasteiger charge is 2.24. The number of hydrogen-bond acceptors (Lipinski definition) is 3. The van der Waals surface area contributed by atoms with Crippen LogP contribution in [0.5, 0.6) is 5.75 Å². The minimum atomic E-state index is -0.373. The first kappa shape index (κ1) is 12.6. The fraction of sp³-hybridized carbons (Fsp3) is 0.500. The van der Waals surface area contributed by atoms with Gasteiger partial charge in [0, 0.05) is 6.54 Å². The van der Waals surface area contributed by atoms with Gasteiger partial charge in [0.15, 0.2) is 0 Å². The summed E-state index contributed by atoms with van der Waals surface area (Å²) in [5.74, 6) is 0.107. The number of halogens is 2. The summed E-state index contributed by atoms with van der Waals surface area (Å²) in [5.41, 5.74) is 5.52. The summed E-state index contributed by atoms with van der Waals surface area (Å²) in [6.45, 7) is 0.954. The van der Waals surface area contributed by atoms with Crippen molar-refractivity contribution in [2.75, 3.05) is 13.2 Å². The van der Waals surface area contributed by atoms with Crippen LogP contribution in [-0.2, 0) is 4.74 Å². The quantitative estimate of drug-likeness (QED) is 0.903. The van der Waals surface area contributed by atoms with Crippen molar-refractivity contribution in [1.82, 2.24) is 0 Å². The third-order valence-electron chi connectivity index (χ3n) is 2.78. The molecular formula is C12H15ClFNO2. The highest BCUT2D eigenvalue weighted by molar-refractivity contribution is 6.32. The van der Waals surface area contributed by atoms with Crippen molar-refractivity contribution in [3.8, 4) is 5.75 Å². The SMILES string of the molecule is NCC1CCC(COc2ccc(F)cc2Cl)O1. The van der Waals surface area contributed by atoms with Crippen LogP contribution in [0, 0.1) is 5.82 Å². The molecule has 2 rings (SSSR count). The zero-order valence-corrected chi connectivity index (χ0v) is 10.1. The molecule has 2 N–H and O–H groups in total. The molecule has 0 aromatic heterocycles. The molecule has 0 aliphatic carbocycles. The zero-order chi connectivity index (χ0) is 12.3. The van der Waals surface area contributed by atoms with Crippen molar-refractivity contribution in [2.24, 2.45) is 5.73 Å². The molecule has 0 spiro atoms. The molecule has 1 fully saturated rings. The van der Waals surface area contributed by atoms with Crippen molar-refractivity contribution in [3.05, 3.63) is 29.0 Å². The third-order valence-corrected chi connectivity index (χ3v) is 3.07. The van der Waals surface area contributed by atoms with Gasteiger partial charge in [-0.1, -0.05) is 11.6 Å². The molecule has 1 aromatic rings. The van der Waals surface area contributed by atoms with Crippen LogP contribution in [0.2, 0.25) is 5.02 Å². The maximum atomic E-state index is 12.8. The van der Waals surface area contributed by atoms with E-state index >= 15 is 0 Å². The summed E-state index contributed by atoms with van der Waals surface area (Å²) in [4.78, 5) is 0. The molecule has 2 unspecified atom stereocenters. The maximum absolute atomic E-state index is 12.8. The average molecular weight is 260 g/mol. The van der Waals surface area contributed by atoms with Crippen LogP contribution in [0.3, 0.4) is 0 Å². The summed E-state index contributed by atoms with van der Waals surface area (Å²) in [7, 11) is 0. The number of nitrogens with two attached hydrogens (primary N) is 1. The van der Waals surface area contributed by atoms with Crippen molar-refractivity contribution >= 4 is 11.6 Å². The van der Waals surface area contributed by atoms with Crippen molar-refractivity contribution < 1.29 is 13.9 Å². The molecule has 1 saturated heterocycles. The molecule has 1 aromatic carbocycles. The van der Waals surface area contributed by atoms with Crippen LogP contribution >= 0.6 is 11.6 Å². The molecular weight excluding hydrogens is 245 g/mol. The molecule has 0 radical (unpaired) electrons. The minimum Gasteiger partial charge on any atom is -0.489 e. The third kappa shape index (κ3) is 3.31. The molecule has 3 nitrogen and oxygen atoms in total.